The van der Waals surface area contributed by atoms with E-state index in [9.17, 15) is 4.79 Å². The number of para-hydroxylation sites is 1. The number of aliphatic carboxylic acids is 1. The maximum atomic E-state index is 11.2. The Balaban J connectivity index is 2.34. The van der Waals surface area contributed by atoms with Crippen molar-refractivity contribution >= 4 is 27.8 Å². The van der Waals surface area contributed by atoms with E-state index in [1.54, 1.807) is 6.92 Å². The molecule has 1 N–H and O–H groups in total. The Morgan fingerprint density at radius 1 is 1.15 bits per heavy atom. The third-order valence-electron chi connectivity index (χ3n) is 3.98. The molecule has 20 heavy (non-hydrogen) atoms. The number of carboxylic acids is 1. The van der Waals surface area contributed by atoms with E-state index in [-0.39, 0.29) is 0 Å². The van der Waals surface area contributed by atoms with Crippen LogP contribution in [-0.2, 0) is 11.3 Å². The van der Waals surface area contributed by atoms with Crippen molar-refractivity contribution in [1.82, 2.24) is 4.57 Å². The van der Waals surface area contributed by atoms with Crippen molar-refractivity contribution in [3.8, 4) is 0 Å². The fraction of sp³-hybridized carbons (Fsp3) is 0.235. The first-order valence-electron chi connectivity index (χ1n) is 6.87. The van der Waals surface area contributed by atoms with Crippen LogP contribution in [0.2, 0.25) is 0 Å². The Hall–Kier alpha value is -2.29. The molecule has 0 spiro atoms. The minimum atomic E-state index is -0.788. The van der Waals surface area contributed by atoms with E-state index >= 15 is 0 Å². The van der Waals surface area contributed by atoms with E-state index in [0.717, 1.165) is 23.0 Å². The van der Waals surface area contributed by atoms with E-state index in [2.05, 4.69) is 23.6 Å². The molecule has 0 aliphatic carbocycles. The van der Waals surface area contributed by atoms with Crippen LogP contribution in [-0.4, -0.2) is 15.6 Å². The Labute approximate surface area is 117 Å². The fourth-order valence-electron chi connectivity index (χ4n) is 2.82. The first-order valence-corrected chi connectivity index (χ1v) is 6.87. The molecule has 0 fully saturated rings. The maximum absolute atomic E-state index is 11.2. The van der Waals surface area contributed by atoms with Gasteiger partial charge in [0.15, 0.2) is 0 Å². The number of carboxylic acid groups (broad SMARTS) is 1. The molecule has 1 atom stereocenters. The molecule has 3 heteroatoms. The van der Waals surface area contributed by atoms with Gasteiger partial charge >= 0.3 is 5.97 Å². The average Bonchev–Trinajstić information content (AvgIpc) is 2.79. The lowest BCUT2D eigenvalue weighted by Gasteiger charge is -2.07. The van der Waals surface area contributed by atoms with Gasteiger partial charge in [-0.1, -0.05) is 24.3 Å². The molecule has 1 aromatic heterocycles. The van der Waals surface area contributed by atoms with Gasteiger partial charge < -0.3 is 9.67 Å². The topological polar surface area (TPSA) is 42.2 Å². The normalized spacial score (nSPS) is 12.9. The summed E-state index contributed by atoms with van der Waals surface area (Å²) in [6.07, 6.45) is 0. The Kier molecular flexibility index (Phi) is 2.97. The SMILES string of the molecule is CCn1c2ccccc2c2cc(C(C)C(=O)O)ccc21. The summed E-state index contributed by atoms with van der Waals surface area (Å²) in [6.45, 7) is 4.75. The Morgan fingerprint density at radius 3 is 2.55 bits per heavy atom. The van der Waals surface area contributed by atoms with Crippen molar-refractivity contribution in [3.05, 3.63) is 48.0 Å². The van der Waals surface area contributed by atoms with E-state index in [0.29, 0.717) is 0 Å². The van der Waals surface area contributed by atoms with E-state index in [4.69, 9.17) is 5.11 Å². The minimum absolute atomic E-state index is 0.483. The molecule has 3 rings (SSSR count). The van der Waals surface area contributed by atoms with Gasteiger partial charge in [0.25, 0.3) is 0 Å². The first-order chi connectivity index (χ1) is 9.63. The maximum Gasteiger partial charge on any atom is 0.310 e. The van der Waals surface area contributed by atoms with Crippen LogP contribution in [0.15, 0.2) is 42.5 Å². The summed E-state index contributed by atoms with van der Waals surface area (Å²) in [5.41, 5.74) is 3.21. The number of aryl methyl sites for hydroxylation is 1. The molecule has 0 saturated heterocycles. The van der Waals surface area contributed by atoms with Gasteiger partial charge in [0, 0.05) is 28.4 Å². The monoisotopic (exact) mass is 267 g/mol. The second-order valence-electron chi connectivity index (χ2n) is 5.10. The zero-order valence-corrected chi connectivity index (χ0v) is 11.6. The molecular formula is C17H17NO2. The van der Waals surface area contributed by atoms with Gasteiger partial charge in [-0.15, -0.1) is 0 Å². The molecule has 0 aliphatic heterocycles. The second kappa shape index (κ2) is 4.67. The lowest BCUT2D eigenvalue weighted by Crippen LogP contribution is -2.07. The van der Waals surface area contributed by atoms with Crippen LogP contribution in [0.5, 0.6) is 0 Å². The molecule has 0 aliphatic rings. The molecule has 1 heterocycles. The van der Waals surface area contributed by atoms with E-state index in [1.165, 1.54) is 10.9 Å². The Morgan fingerprint density at radius 2 is 1.85 bits per heavy atom. The molecule has 1 unspecified atom stereocenters. The minimum Gasteiger partial charge on any atom is -0.481 e. The van der Waals surface area contributed by atoms with Crippen LogP contribution < -0.4 is 0 Å². The highest BCUT2D eigenvalue weighted by Gasteiger charge is 2.16. The summed E-state index contributed by atoms with van der Waals surface area (Å²) >= 11 is 0. The van der Waals surface area contributed by atoms with Crippen LogP contribution in [0, 0.1) is 0 Å². The van der Waals surface area contributed by atoms with Gasteiger partial charge in [0.2, 0.25) is 0 Å². The predicted molar refractivity (Wildman–Crippen MR) is 81.2 cm³/mol. The van der Waals surface area contributed by atoms with Gasteiger partial charge in [-0.3, -0.25) is 4.79 Å². The summed E-state index contributed by atoms with van der Waals surface area (Å²) in [4.78, 5) is 11.2. The van der Waals surface area contributed by atoms with Crippen LogP contribution in [0.1, 0.15) is 25.3 Å². The lowest BCUT2D eigenvalue weighted by molar-refractivity contribution is -0.138. The van der Waals surface area contributed by atoms with E-state index < -0.39 is 11.9 Å². The van der Waals surface area contributed by atoms with Gasteiger partial charge in [-0.25, -0.2) is 0 Å². The third kappa shape index (κ3) is 1.78. The zero-order valence-electron chi connectivity index (χ0n) is 11.6. The zero-order chi connectivity index (χ0) is 14.3. The molecule has 0 bridgehead atoms. The number of hydrogen-bond donors (Lipinski definition) is 1. The number of carbonyl (C=O) groups is 1. The van der Waals surface area contributed by atoms with E-state index in [1.807, 2.05) is 30.3 Å². The molecular weight excluding hydrogens is 250 g/mol. The van der Waals surface area contributed by atoms with Crippen LogP contribution >= 0.6 is 0 Å². The van der Waals surface area contributed by atoms with Gasteiger partial charge in [0.1, 0.15) is 0 Å². The largest absolute Gasteiger partial charge is 0.481 e. The van der Waals surface area contributed by atoms with Gasteiger partial charge in [-0.05, 0) is 37.6 Å². The number of hydrogen-bond acceptors (Lipinski definition) is 1. The van der Waals surface area contributed by atoms with Crippen molar-refractivity contribution in [1.29, 1.82) is 0 Å². The number of aromatic nitrogens is 1. The van der Waals surface area contributed by atoms with Crippen molar-refractivity contribution in [3.63, 3.8) is 0 Å². The molecule has 0 saturated carbocycles. The molecule has 2 aromatic carbocycles. The van der Waals surface area contributed by atoms with Crippen molar-refractivity contribution < 1.29 is 9.90 Å². The molecule has 3 aromatic rings. The van der Waals surface area contributed by atoms with Crippen LogP contribution in [0.4, 0.5) is 0 Å². The molecule has 0 amide bonds. The molecule has 102 valence electrons. The summed E-state index contributed by atoms with van der Waals surface area (Å²) in [5.74, 6) is -1.27. The third-order valence-corrected chi connectivity index (χ3v) is 3.98. The van der Waals surface area contributed by atoms with Crippen molar-refractivity contribution in [2.45, 2.75) is 26.3 Å². The first kappa shape index (κ1) is 12.7. The summed E-state index contributed by atoms with van der Waals surface area (Å²) in [5, 5.41) is 11.5. The molecule has 3 nitrogen and oxygen atoms in total. The fourth-order valence-corrected chi connectivity index (χ4v) is 2.82. The molecule has 0 radical (unpaired) electrons. The van der Waals surface area contributed by atoms with Crippen molar-refractivity contribution in [2.75, 3.05) is 0 Å². The summed E-state index contributed by atoms with van der Waals surface area (Å²) in [6, 6.07) is 14.2. The van der Waals surface area contributed by atoms with Gasteiger partial charge in [0.05, 0.1) is 5.92 Å². The quantitative estimate of drug-likeness (QED) is 0.779. The summed E-state index contributed by atoms with van der Waals surface area (Å²) < 4.78 is 2.26. The lowest BCUT2D eigenvalue weighted by atomic mass is 9.99. The summed E-state index contributed by atoms with van der Waals surface area (Å²) in [7, 11) is 0. The highest BCUT2D eigenvalue weighted by atomic mass is 16.4. The highest BCUT2D eigenvalue weighted by Crippen LogP contribution is 2.31. The number of fused-ring (bicyclic) bond motifs is 3. The van der Waals surface area contributed by atoms with Crippen LogP contribution in [0.25, 0.3) is 21.8 Å². The average molecular weight is 267 g/mol. The Bertz CT molecular complexity index is 801. The standard InChI is InChI=1S/C17H17NO2/c1-3-18-15-7-5-4-6-13(15)14-10-12(8-9-16(14)18)11(2)17(19)20/h4-11H,3H2,1-2H3,(H,19,20). The second-order valence-corrected chi connectivity index (χ2v) is 5.10. The van der Waals surface area contributed by atoms with Crippen molar-refractivity contribution in [2.24, 2.45) is 0 Å². The van der Waals surface area contributed by atoms with Gasteiger partial charge in [-0.2, -0.15) is 0 Å². The number of benzene rings is 2. The smallest absolute Gasteiger partial charge is 0.310 e. The van der Waals surface area contributed by atoms with Crippen LogP contribution in [0.3, 0.4) is 0 Å². The predicted octanol–water partition coefficient (Wildman–Crippen LogP) is 4.00. The number of nitrogens with zero attached hydrogens (tertiary/aromatic N) is 1. The highest BCUT2D eigenvalue weighted by molar-refractivity contribution is 6.08. The number of rotatable bonds is 3.